The molecule has 0 aliphatic rings. The second-order valence-corrected chi connectivity index (χ2v) is 5.36. The summed E-state index contributed by atoms with van der Waals surface area (Å²) in [5, 5.41) is 0. The van der Waals surface area contributed by atoms with Gasteiger partial charge in [0, 0.05) is 19.0 Å². The maximum absolute atomic E-state index is 11.2. The van der Waals surface area contributed by atoms with Gasteiger partial charge in [-0.15, -0.1) is 11.6 Å². The Bertz CT molecular complexity index is 217. The lowest BCUT2D eigenvalue weighted by molar-refractivity contribution is 0.412. The molecule has 0 unspecified atom stereocenters. The molecule has 0 atom stereocenters. The van der Waals surface area contributed by atoms with Crippen molar-refractivity contribution in [2.75, 3.05) is 38.8 Å². The zero-order valence-corrected chi connectivity index (χ0v) is 9.66. The number of hydrogen-bond donors (Lipinski definition) is 1. The largest absolute Gasteiger partial charge is 0.308 e. The molecule has 0 aliphatic heterocycles. The summed E-state index contributed by atoms with van der Waals surface area (Å²) < 4.78 is 24.9. The standard InChI is InChI=1S/C7H17ClN2O2S/c1-10(2)6-5-9-13(11,12)7-3-4-8/h9H,3-7H2,1-2H3. The molecule has 1 N–H and O–H groups in total. The van der Waals surface area contributed by atoms with Crippen LogP contribution in [0.25, 0.3) is 0 Å². The molecule has 0 radical (unpaired) electrons. The van der Waals surface area contributed by atoms with Gasteiger partial charge in [-0.25, -0.2) is 13.1 Å². The van der Waals surface area contributed by atoms with Crippen LogP contribution in [0.15, 0.2) is 0 Å². The van der Waals surface area contributed by atoms with Crippen LogP contribution in [0.2, 0.25) is 0 Å². The topological polar surface area (TPSA) is 49.4 Å². The Kier molecular flexibility index (Phi) is 6.67. The minimum absolute atomic E-state index is 0.115. The number of rotatable bonds is 7. The molecule has 0 aromatic heterocycles. The highest BCUT2D eigenvalue weighted by Gasteiger charge is 2.07. The smallest absolute Gasteiger partial charge is 0.211 e. The molecular weight excluding hydrogens is 212 g/mol. The molecule has 0 aromatic rings. The highest BCUT2D eigenvalue weighted by molar-refractivity contribution is 7.89. The number of likely N-dealkylation sites (N-methyl/N-ethyl adjacent to an activating group) is 1. The fraction of sp³-hybridized carbons (Fsp3) is 1.00. The normalized spacial score (nSPS) is 12.3. The Labute approximate surface area is 85.3 Å². The lowest BCUT2D eigenvalue weighted by atomic mass is 10.6. The van der Waals surface area contributed by atoms with Gasteiger partial charge in [0.2, 0.25) is 10.0 Å². The van der Waals surface area contributed by atoms with E-state index in [1.54, 1.807) is 0 Å². The second-order valence-electron chi connectivity index (χ2n) is 3.06. The monoisotopic (exact) mass is 228 g/mol. The summed E-state index contributed by atoms with van der Waals surface area (Å²) in [6, 6.07) is 0. The molecule has 0 saturated heterocycles. The van der Waals surface area contributed by atoms with Crippen molar-refractivity contribution in [2.45, 2.75) is 6.42 Å². The van der Waals surface area contributed by atoms with E-state index in [2.05, 4.69) is 4.72 Å². The van der Waals surface area contributed by atoms with Gasteiger partial charge in [-0.1, -0.05) is 0 Å². The first-order chi connectivity index (χ1) is 5.98. The number of nitrogens with one attached hydrogen (secondary N) is 1. The Balaban J connectivity index is 3.64. The van der Waals surface area contributed by atoms with Crippen molar-refractivity contribution in [1.29, 1.82) is 0 Å². The minimum atomic E-state index is -3.10. The van der Waals surface area contributed by atoms with E-state index in [0.29, 0.717) is 25.4 Å². The SMILES string of the molecule is CN(C)CCNS(=O)(=O)CCCCl. The molecule has 6 heteroatoms. The molecular formula is C7H17ClN2O2S. The van der Waals surface area contributed by atoms with Gasteiger partial charge in [0.05, 0.1) is 5.75 Å². The average molecular weight is 229 g/mol. The molecule has 0 spiro atoms. The van der Waals surface area contributed by atoms with Crippen LogP contribution in [-0.4, -0.2) is 52.1 Å². The summed E-state index contributed by atoms with van der Waals surface area (Å²) in [5.74, 6) is 0.499. The van der Waals surface area contributed by atoms with E-state index in [1.807, 2.05) is 19.0 Å². The maximum atomic E-state index is 11.2. The Hall–Kier alpha value is 0.160. The van der Waals surface area contributed by atoms with Crippen LogP contribution in [0, 0.1) is 0 Å². The summed E-state index contributed by atoms with van der Waals surface area (Å²) in [5.41, 5.74) is 0. The van der Waals surface area contributed by atoms with Crippen molar-refractivity contribution in [2.24, 2.45) is 0 Å². The van der Waals surface area contributed by atoms with Gasteiger partial charge in [0.15, 0.2) is 0 Å². The van der Waals surface area contributed by atoms with Gasteiger partial charge in [-0.3, -0.25) is 0 Å². The second kappa shape index (κ2) is 6.59. The number of nitrogens with zero attached hydrogens (tertiary/aromatic N) is 1. The third kappa shape index (κ3) is 8.49. The van der Waals surface area contributed by atoms with Gasteiger partial charge in [0.25, 0.3) is 0 Å². The van der Waals surface area contributed by atoms with Crippen molar-refractivity contribution >= 4 is 21.6 Å². The summed E-state index contributed by atoms with van der Waals surface area (Å²) in [6.45, 7) is 1.16. The predicted octanol–water partition coefficient (Wildman–Crippen LogP) is 0.0963. The van der Waals surface area contributed by atoms with Crippen LogP contribution in [0.4, 0.5) is 0 Å². The molecule has 4 nitrogen and oxygen atoms in total. The van der Waals surface area contributed by atoms with Crippen molar-refractivity contribution < 1.29 is 8.42 Å². The number of sulfonamides is 1. The van der Waals surface area contributed by atoms with Gasteiger partial charge < -0.3 is 4.90 Å². The van der Waals surface area contributed by atoms with Crippen LogP contribution in [0.3, 0.4) is 0 Å². The molecule has 80 valence electrons. The van der Waals surface area contributed by atoms with E-state index in [4.69, 9.17) is 11.6 Å². The highest BCUT2D eigenvalue weighted by atomic mass is 35.5. The average Bonchev–Trinajstić information content (AvgIpc) is 2.00. The zero-order valence-electron chi connectivity index (χ0n) is 8.09. The quantitative estimate of drug-likeness (QED) is 0.629. The number of halogens is 1. The molecule has 0 bridgehead atoms. The fourth-order valence-electron chi connectivity index (χ4n) is 0.741. The number of hydrogen-bond acceptors (Lipinski definition) is 3. The molecule has 0 amide bonds. The first-order valence-electron chi connectivity index (χ1n) is 4.16. The lowest BCUT2D eigenvalue weighted by Crippen LogP contribution is -2.33. The van der Waals surface area contributed by atoms with Crippen LogP contribution in [0.5, 0.6) is 0 Å². The van der Waals surface area contributed by atoms with E-state index < -0.39 is 10.0 Å². The molecule has 0 saturated carbocycles. The molecule has 13 heavy (non-hydrogen) atoms. The summed E-state index contributed by atoms with van der Waals surface area (Å²) >= 11 is 5.39. The van der Waals surface area contributed by atoms with Gasteiger partial charge in [0.1, 0.15) is 0 Å². The molecule has 0 aromatic carbocycles. The van der Waals surface area contributed by atoms with Gasteiger partial charge in [-0.05, 0) is 20.5 Å². The van der Waals surface area contributed by atoms with E-state index in [9.17, 15) is 8.42 Å². The third-order valence-corrected chi connectivity index (χ3v) is 3.17. The lowest BCUT2D eigenvalue weighted by Gasteiger charge is -2.10. The van der Waals surface area contributed by atoms with Crippen LogP contribution >= 0.6 is 11.6 Å². The van der Waals surface area contributed by atoms with E-state index in [-0.39, 0.29) is 5.75 Å². The van der Waals surface area contributed by atoms with Crippen molar-refractivity contribution in [3.8, 4) is 0 Å². The third-order valence-electron chi connectivity index (χ3n) is 1.43. The maximum Gasteiger partial charge on any atom is 0.211 e. The fourth-order valence-corrected chi connectivity index (χ4v) is 2.10. The Morgan fingerprint density at radius 2 is 2.00 bits per heavy atom. The minimum Gasteiger partial charge on any atom is -0.308 e. The van der Waals surface area contributed by atoms with Crippen molar-refractivity contribution in [1.82, 2.24) is 9.62 Å². The number of alkyl halides is 1. The Morgan fingerprint density at radius 3 is 2.46 bits per heavy atom. The van der Waals surface area contributed by atoms with Crippen LogP contribution in [0.1, 0.15) is 6.42 Å². The van der Waals surface area contributed by atoms with Crippen molar-refractivity contribution in [3.63, 3.8) is 0 Å². The van der Waals surface area contributed by atoms with Gasteiger partial charge >= 0.3 is 0 Å². The molecule has 0 heterocycles. The van der Waals surface area contributed by atoms with Gasteiger partial charge in [-0.2, -0.15) is 0 Å². The van der Waals surface area contributed by atoms with E-state index >= 15 is 0 Å². The highest BCUT2D eigenvalue weighted by Crippen LogP contribution is 1.91. The zero-order chi connectivity index (χ0) is 10.3. The molecule has 0 rings (SSSR count). The predicted molar refractivity (Wildman–Crippen MR) is 55.7 cm³/mol. The summed E-state index contributed by atoms with van der Waals surface area (Å²) in [7, 11) is 0.691. The molecule has 0 fully saturated rings. The van der Waals surface area contributed by atoms with Crippen LogP contribution < -0.4 is 4.72 Å². The Morgan fingerprint density at radius 1 is 1.38 bits per heavy atom. The van der Waals surface area contributed by atoms with E-state index in [1.165, 1.54) is 0 Å². The first-order valence-corrected chi connectivity index (χ1v) is 6.34. The van der Waals surface area contributed by atoms with Crippen molar-refractivity contribution in [3.05, 3.63) is 0 Å². The molecule has 0 aliphatic carbocycles. The van der Waals surface area contributed by atoms with E-state index in [0.717, 1.165) is 0 Å². The summed E-state index contributed by atoms with van der Waals surface area (Å²) in [4.78, 5) is 1.92. The first kappa shape index (κ1) is 13.2. The van der Waals surface area contributed by atoms with Crippen LogP contribution in [-0.2, 0) is 10.0 Å². The summed E-state index contributed by atoms with van der Waals surface area (Å²) in [6.07, 6.45) is 0.499.